The molecular formula is C19H20N2O3. The van der Waals surface area contributed by atoms with E-state index in [1.807, 2.05) is 25.1 Å². The molecule has 2 aromatic rings. The Morgan fingerprint density at radius 1 is 1.12 bits per heavy atom. The summed E-state index contributed by atoms with van der Waals surface area (Å²) in [6.45, 7) is 3.57. The fraction of sp³-hybridized carbons (Fsp3) is 0.263. The molecular weight excluding hydrogens is 304 g/mol. The third kappa shape index (κ3) is 2.78. The summed E-state index contributed by atoms with van der Waals surface area (Å²) >= 11 is 0. The molecule has 3 rings (SSSR count). The van der Waals surface area contributed by atoms with Crippen molar-refractivity contribution in [1.29, 1.82) is 0 Å². The van der Waals surface area contributed by atoms with Crippen LogP contribution in [-0.2, 0) is 4.79 Å². The second-order valence-electron chi connectivity index (χ2n) is 6.24. The third-order valence-electron chi connectivity index (χ3n) is 4.53. The Hall–Kier alpha value is -2.66. The Balaban J connectivity index is 2.03. The van der Waals surface area contributed by atoms with Crippen molar-refractivity contribution >= 4 is 17.6 Å². The molecule has 0 aromatic heterocycles. The maximum Gasteiger partial charge on any atom is 0.335 e. The van der Waals surface area contributed by atoms with Crippen molar-refractivity contribution in [2.24, 2.45) is 5.73 Å². The number of benzene rings is 2. The topological polar surface area (TPSA) is 83.6 Å². The Bertz CT molecular complexity index is 799. The third-order valence-corrected chi connectivity index (χ3v) is 4.53. The number of carbonyl (C=O) groups excluding carboxylic acids is 1. The molecule has 1 heterocycles. The molecule has 0 fully saturated rings. The molecule has 2 atom stereocenters. The zero-order valence-electron chi connectivity index (χ0n) is 13.7. The van der Waals surface area contributed by atoms with Crippen molar-refractivity contribution in [3.63, 3.8) is 0 Å². The van der Waals surface area contributed by atoms with Crippen molar-refractivity contribution in [2.75, 3.05) is 4.90 Å². The maximum atomic E-state index is 12.0. The second-order valence-corrected chi connectivity index (χ2v) is 6.24. The summed E-state index contributed by atoms with van der Waals surface area (Å²) in [5.41, 5.74) is 10.2. The van der Waals surface area contributed by atoms with Crippen LogP contribution in [0.3, 0.4) is 0 Å². The van der Waals surface area contributed by atoms with Crippen LogP contribution in [0.15, 0.2) is 42.5 Å². The minimum absolute atomic E-state index is 0.00853. The molecule has 2 unspecified atom stereocenters. The predicted molar refractivity (Wildman–Crippen MR) is 93.0 cm³/mol. The first-order valence-corrected chi connectivity index (χ1v) is 7.91. The molecule has 2 aromatic carbocycles. The Morgan fingerprint density at radius 3 is 2.33 bits per heavy atom. The number of hydrogen-bond acceptors (Lipinski definition) is 3. The van der Waals surface area contributed by atoms with E-state index in [4.69, 9.17) is 10.8 Å². The van der Waals surface area contributed by atoms with Gasteiger partial charge in [0.25, 0.3) is 0 Å². The highest BCUT2D eigenvalue weighted by Crippen LogP contribution is 2.38. The molecule has 124 valence electrons. The van der Waals surface area contributed by atoms with E-state index in [-0.39, 0.29) is 23.6 Å². The predicted octanol–water partition coefficient (Wildman–Crippen LogP) is 3.20. The number of rotatable bonds is 2. The van der Waals surface area contributed by atoms with Gasteiger partial charge in [0.05, 0.1) is 5.56 Å². The lowest BCUT2D eigenvalue weighted by atomic mass is 9.89. The minimum Gasteiger partial charge on any atom is -0.478 e. The number of nitrogens with two attached hydrogens (primary N) is 1. The van der Waals surface area contributed by atoms with Crippen LogP contribution in [0.25, 0.3) is 11.1 Å². The number of amides is 1. The number of carboxylic acids is 1. The van der Waals surface area contributed by atoms with Crippen molar-refractivity contribution in [3.05, 3.63) is 53.6 Å². The van der Waals surface area contributed by atoms with E-state index in [2.05, 4.69) is 0 Å². The smallest absolute Gasteiger partial charge is 0.335 e. The van der Waals surface area contributed by atoms with Gasteiger partial charge in [0.2, 0.25) is 5.91 Å². The molecule has 1 aliphatic heterocycles. The minimum atomic E-state index is -0.944. The van der Waals surface area contributed by atoms with Crippen LogP contribution in [0.1, 0.15) is 42.2 Å². The summed E-state index contributed by atoms with van der Waals surface area (Å²) in [7, 11) is 0. The van der Waals surface area contributed by atoms with Gasteiger partial charge in [0.15, 0.2) is 0 Å². The summed E-state index contributed by atoms with van der Waals surface area (Å²) in [6, 6.07) is 12.5. The normalized spacial score (nSPS) is 19.7. The summed E-state index contributed by atoms with van der Waals surface area (Å²) < 4.78 is 0. The summed E-state index contributed by atoms with van der Waals surface area (Å²) in [6.07, 6.45) is 0.716. The number of nitrogens with zero attached hydrogens (tertiary/aromatic N) is 1. The Kier molecular flexibility index (Phi) is 4.11. The highest BCUT2D eigenvalue weighted by atomic mass is 16.4. The van der Waals surface area contributed by atoms with Gasteiger partial charge in [-0.2, -0.15) is 0 Å². The molecule has 0 saturated carbocycles. The first-order valence-electron chi connectivity index (χ1n) is 7.91. The lowest BCUT2D eigenvalue weighted by molar-refractivity contribution is -0.117. The summed E-state index contributed by atoms with van der Waals surface area (Å²) in [4.78, 5) is 24.7. The van der Waals surface area contributed by atoms with E-state index in [0.29, 0.717) is 6.42 Å². The van der Waals surface area contributed by atoms with Crippen LogP contribution < -0.4 is 10.6 Å². The van der Waals surface area contributed by atoms with Gasteiger partial charge in [0.1, 0.15) is 0 Å². The molecule has 5 nitrogen and oxygen atoms in total. The van der Waals surface area contributed by atoms with Gasteiger partial charge in [-0.3, -0.25) is 4.79 Å². The highest BCUT2D eigenvalue weighted by molar-refractivity contribution is 5.94. The molecule has 0 saturated heterocycles. The van der Waals surface area contributed by atoms with Crippen molar-refractivity contribution in [1.82, 2.24) is 0 Å². The zero-order valence-corrected chi connectivity index (χ0v) is 13.7. The van der Waals surface area contributed by atoms with Crippen LogP contribution in [0.4, 0.5) is 5.69 Å². The molecule has 3 N–H and O–H groups in total. The molecule has 0 spiro atoms. The van der Waals surface area contributed by atoms with Gasteiger partial charge in [0, 0.05) is 24.7 Å². The zero-order chi connectivity index (χ0) is 17.4. The van der Waals surface area contributed by atoms with Gasteiger partial charge < -0.3 is 15.7 Å². The summed E-state index contributed by atoms with van der Waals surface area (Å²) in [5, 5.41) is 8.99. The lowest BCUT2D eigenvalue weighted by Gasteiger charge is -2.37. The SMILES string of the molecule is CC(=O)N1c2ccc(-c3ccc(C(=O)O)cc3)cc2C(N)CC1C. The molecule has 1 amide bonds. The first-order chi connectivity index (χ1) is 11.4. The number of carboxylic acid groups (broad SMARTS) is 1. The largest absolute Gasteiger partial charge is 0.478 e. The van der Waals surface area contributed by atoms with E-state index in [1.165, 1.54) is 0 Å². The van der Waals surface area contributed by atoms with Crippen LogP contribution in [-0.4, -0.2) is 23.0 Å². The number of aromatic carboxylic acids is 1. The average molecular weight is 324 g/mol. The average Bonchev–Trinajstić information content (AvgIpc) is 2.54. The highest BCUT2D eigenvalue weighted by Gasteiger charge is 2.30. The van der Waals surface area contributed by atoms with E-state index < -0.39 is 5.97 Å². The molecule has 0 aliphatic carbocycles. The van der Waals surface area contributed by atoms with Gasteiger partial charge >= 0.3 is 5.97 Å². The lowest BCUT2D eigenvalue weighted by Crippen LogP contribution is -2.43. The quantitative estimate of drug-likeness (QED) is 0.888. The fourth-order valence-electron chi connectivity index (χ4n) is 3.37. The Labute approximate surface area is 140 Å². The van der Waals surface area contributed by atoms with E-state index in [1.54, 1.807) is 36.1 Å². The van der Waals surface area contributed by atoms with Crippen LogP contribution in [0, 0.1) is 0 Å². The van der Waals surface area contributed by atoms with Crippen LogP contribution in [0.5, 0.6) is 0 Å². The van der Waals surface area contributed by atoms with Gasteiger partial charge in [-0.15, -0.1) is 0 Å². The fourth-order valence-corrected chi connectivity index (χ4v) is 3.37. The molecule has 0 radical (unpaired) electrons. The van der Waals surface area contributed by atoms with Gasteiger partial charge in [-0.05, 0) is 54.3 Å². The number of anilines is 1. The van der Waals surface area contributed by atoms with E-state index in [0.717, 1.165) is 22.4 Å². The number of carbonyl (C=O) groups is 2. The van der Waals surface area contributed by atoms with Gasteiger partial charge in [-0.1, -0.05) is 18.2 Å². The maximum absolute atomic E-state index is 12.0. The van der Waals surface area contributed by atoms with Crippen LogP contribution >= 0.6 is 0 Å². The molecule has 0 bridgehead atoms. The number of hydrogen-bond donors (Lipinski definition) is 2. The van der Waals surface area contributed by atoms with Crippen LogP contribution in [0.2, 0.25) is 0 Å². The van der Waals surface area contributed by atoms with Crippen molar-refractivity contribution < 1.29 is 14.7 Å². The Morgan fingerprint density at radius 2 is 1.75 bits per heavy atom. The molecule has 5 heteroatoms. The van der Waals surface area contributed by atoms with E-state index >= 15 is 0 Å². The first kappa shape index (κ1) is 16.2. The second kappa shape index (κ2) is 6.09. The van der Waals surface area contributed by atoms with Crippen molar-refractivity contribution in [3.8, 4) is 11.1 Å². The van der Waals surface area contributed by atoms with Gasteiger partial charge in [-0.25, -0.2) is 4.79 Å². The number of fused-ring (bicyclic) bond motifs is 1. The van der Waals surface area contributed by atoms with E-state index in [9.17, 15) is 9.59 Å². The molecule has 1 aliphatic rings. The molecule has 24 heavy (non-hydrogen) atoms. The van der Waals surface area contributed by atoms with Crippen molar-refractivity contribution in [2.45, 2.75) is 32.4 Å². The summed E-state index contributed by atoms with van der Waals surface area (Å²) in [5.74, 6) is -0.936. The standard InChI is InChI=1S/C19H20N2O3/c1-11-9-17(20)16-10-15(7-8-18(16)21(11)12(2)22)13-3-5-14(6-4-13)19(23)24/h3-8,10-11,17H,9,20H2,1-2H3,(H,23,24). The monoisotopic (exact) mass is 324 g/mol.